The number of rotatable bonds is 2. The fourth-order valence-corrected chi connectivity index (χ4v) is 3.89. The van der Waals surface area contributed by atoms with Gasteiger partial charge in [0.05, 0.1) is 12.1 Å². The van der Waals surface area contributed by atoms with Gasteiger partial charge < -0.3 is 4.42 Å². The minimum absolute atomic E-state index is 0.432. The first kappa shape index (κ1) is 14.0. The van der Waals surface area contributed by atoms with Crippen molar-refractivity contribution in [2.45, 2.75) is 40.4 Å². The molecule has 3 heteroatoms. The van der Waals surface area contributed by atoms with Gasteiger partial charge in [0.2, 0.25) is 5.69 Å². The van der Waals surface area contributed by atoms with Crippen LogP contribution < -0.4 is 4.57 Å². The molecule has 0 bridgehead atoms. The van der Waals surface area contributed by atoms with Crippen molar-refractivity contribution >= 4 is 27.6 Å². The first-order valence-electron chi connectivity index (χ1n) is 11.2. The highest BCUT2D eigenvalue weighted by molar-refractivity contribution is 6.11. The Kier molecular flexibility index (Phi) is 3.24. The van der Waals surface area contributed by atoms with E-state index in [-0.39, 0.29) is 0 Å². The summed E-state index contributed by atoms with van der Waals surface area (Å²) < 4.78 is 40.5. The minimum Gasteiger partial charge on any atom is -0.456 e. The maximum Gasteiger partial charge on any atom is 0.216 e. The maximum absolute atomic E-state index is 8.60. The first-order chi connectivity index (χ1) is 14.9. The van der Waals surface area contributed by atoms with E-state index in [1.807, 2.05) is 50.6 Å². The zero-order valence-corrected chi connectivity index (χ0v) is 16.8. The molecule has 0 saturated heterocycles. The van der Waals surface area contributed by atoms with Crippen molar-refractivity contribution < 1.29 is 14.5 Å². The first-order valence-corrected chi connectivity index (χ1v) is 9.22. The number of fused-ring (bicyclic) bond motifs is 3. The number of hydrogen-bond acceptors (Lipinski definition) is 1. The highest BCUT2D eigenvalue weighted by Crippen LogP contribution is 2.40. The summed E-state index contributed by atoms with van der Waals surface area (Å²) >= 11 is 0. The predicted molar refractivity (Wildman–Crippen MR) is 115 cm³/mol. The van der Waals surface area contributed by atoms with E-state index >= 15 is 0 Å². The van der Waals surface area contributed by atoms with Gasteiger partial charge in [-0.1, -0.05) is 32.0 Å². The monoisotopic (exact) mass is 373 g/mol. The summed E-state index contributed by atoms with van der Waals surface area (Å²) in [5, 5.41) is 1.92. The number of furan rings is 1. The third kappa shape index (κ3) is 2.68. The van der Waals surface area contributed by atoms with E-state index in [9.17, 15) is 0 Å². The molecule has 0 fully saturated rings. The Balaban J connectivity index is 2.10. The van der Waals surface area contributed by atoms with E-state index in [0.717, 1.165) is 38.9 Å². The van der Waals surface area contributed by atoms with Gasteiger partial charge in [0, 0.05) is 35.3 Å². The van der Waals surface area contributed by atoms with Crippen molar-refractivity contribution in [3.05, 3.63) is 70.2 Å². The van der Waals surface area contributed by atoms with Gasteiger partial charge in [0.1, 0.15) is 18.2 Å². The van der Waals surface area contributed by atoms with Gasteiger partial charge in [-0.3, -0.25) is 0 Å². The lowest BCUT2D eigenvalue weighted by Crippen LogP contribution is -2.35. The average Bonchev–Trinajstić information content (AvgIpc) is 3.08. The maximum atomic E-state index is 8.60. The lowest BCUT2D eigenvalue weighted by Gasteiger charge is -2.11. The van der Waals surface area contributed by atoms with E-state index in [0.29, 0.717) is 22.4 Å². The molecule has 0 aliphatic carbocycles. The SMILES string of the molecule is [2H]C([2H])([2H])C([2H])(C)c1cc(C)[n+](C)c(-c2c(C)ccc3c2oc2cc([N+]#[C-])cc(C)c23)c1. The van der Waals surface area contributed by atoms with Crippen molar-refractivity contribution in [1.29, 1.82) is 0 Å². The lowest BCUT2D eigenvalue weighted by molar-refractivity contribution is -0.666. The van der Waals surface area contributed by atoms with Crippen LogP contribution >= 0.6 is 0 Å². The highest BCUT2D eigenvalue weighted by atomic mass is 16.3. The summed E-state index contributed by atoms with van der Waals surface area (Å²) in [5.74, 6) is -1.75. The van der Waals surface area contributed by atoms with Crippen LogP contribution in [0.25, 0.3) is 38.0 Å². The molecule has 2 aromatic heterocycles. The Bertz CT molecular complexity index is 1440. The standard InChI is InChI=1S/C25H25N2O/c1-14(2)18-11-17(5)27(7)21(12-18)24-15(3)8-9-20-23-16(4)10-19(26-6)13-22(23)28-25(20)24/h8-14H,1-5,7H3/q+1/i1D3,14D. The second-order valence-electron chi connectivity index (χ2n) is 7.44. The zero-order chi connectivity index (χ0) is 23.6. The van der Waals surface area contributed by atoms with Gasteiger partial charge in [-0.2, -0.15) is 4.57 Å². The number of aryl methyl sites for hydroxylation is 3. The summed E-state index contributed by atoms with van der Waals surface area (Å²) in [5.41, 5.74) is 6.74. The van der Waals surface area contributed by atoms with Crippen LogP contribution in [0.2, 0.25) is 0 Å². The van der Waals surface area contributed by atoms with Crippen LogP contribution in [0.1, 0.15) is 47.5 Å². The van der Waals surface area contributed by atoms with Crippen LogP contribution in [-0.4, -0.2) is 0 Å². The van der Waals surface area contributed by atoms with E-state index in [1.54, 1.807) is 18.2 Å². The van der Waals surface area contributed by atoms with E-state index < -0.39 is 12.7 Å². The second-order valence-corrected chi connectivity index (χ2v) is 7.44. The fourth-order valence-electron chi connectivity index (χ4n) is 3.89. The number of nitrogens with zero attached hydrogens (tertiary/aromatic N) is 2. The number of hydrogen-bond donors (Lipinski definition) is 0. The van der Waals surface area contributed by atoms with Crippen molar-refractivity contribution in [3.63, 3.8) is 0 Å². The van der Waals surface area contributed by atoms with Gasteiger partial charge in [-0.25, -0.2) is 4.85 Å². The third-order valence-electron chi connectivity index (χ3n) is 5.50. The summed E-state index contributed by atoms with van der Waals surface area (Å²) in [7, 11) is 1.92. The van der Waals surface area contributed by atoms with Crippen molar-refractivity contribution in [1.82, 2.24) is 0 Å². The Morgan fingerprint density at radius 2 is 1.93 bits per heavy atom. The van der Waals surface area contributed by atoms with Crippen molar-refractivity contribution in [3.8, 4) is 11.3 Å². The topological polar surface area (TPSA) is 21.4 Å². The van der Waals surface area contributed by atoms with Gasteiger partial charge >= 0.3 is 0 Å². The molecule has 0 N–H and O–H groups in total. The Morgan fingerprint density at radius 1 is 1.14 bits per heavy atom. The summed E-state index contributed by atoms with van der Waals surface area (Å²) in [6.45, 7) is 12.2. The fraction of sp³-hybridized carbons (Fsp3) is 0.280. The lowest BCUT2D eigenvalue weighted by atomic mass is 9.96. The van der Waals surface area contributed by atoms with Crippen LogP contribution in [0.5, 0.6) is 0 Å². The number of aromatic nitrogens is 1. The van der Waals surface area contributed by atoms with E-state index in [2.05, 4.69) is 4.85 Å². The number of pyridine rings is 1. The average molecular weight is 374 g/mol. The molecule has 3 nitrogen and oxygen atoms in total. The van der Waals surface area contributed by atoms with Gasteiger partial charge in [0.15, 0.2) is 11.4 Å². The van der Waals surface area contributed by atoms with Gasteiger partial charge in [-0.05, 0) is 42.5 Å². The van der Waals surface area contributed by atoms with Crippen LogP contribution in [0.15, 0.2) is 40.8 Å². The quantitative estimate of drug-likeness (QED) is 0.284. The molecular weight excluding hydrogens is 344 g/mol. The third-order valence-corrected chi connectivity index (χ3v) is 5.50. The van der Waals surface area contributed by atoms with Crippen molar-refractivity contribution in [2.75, 3.05) is 0 Å². The van der Waals surface area contributed by atoms with E-state index in [4.69, 9.17) is 16.5 Å². The van der Waals surface area contributed by atoms with Gasteiger partial charge in [-0.15, -0.1) is 0 Å². The molecular formula is C25H25N2O+. The van der Waals surface area contributed by atoms with E-state index in [1.165, 1.54) is 6.92 Å². The van der Waals surface area contributed by atoms with Crippen LogP contribution in [0, 0.1) is 27.3 Å². The molecule has 1 unspecified atom stereocenters. The molecule has 0 saturated carbocycles. The second kappa shape index (κ2) is 6.49. The molecule has 0 amide bonds. The highest BCUT2D eigenvalue weighted by Gasteiger charge is 2.23. The molecule has 0 aliphatic rings. The molecule has 28 heavy (non-hydrogen) atoms. The van der Waals surface area contributed by atoms with Crippen LogP contribution in [0.3, 0.4) is 0 Å². The molecule has 140 valence electrons. The number of benzene rings is 2. The molecule has 2 aromatic carbocycles. The van der Waals surface area contributed by atoms with Crippen LogP contribution in [-0.2, 0) is 7.05 Å². The molecule has 4 aromatic rings. The van der Waals surface area contributed by atoms with Crippen LogP contribution in [0.4, 0.5) is 5.69 Å². The molecule has 0 aliphatic heterocycles. The summed E-state index contributed by atoms with van der Waals surface area (Å²) in [4.78, 5) is 3.55. The Labute approximate surface area is 171 Å². The summed E-state index contributed by atoms with van der Waals surface area (Å²) in [6, 6.07) is 11.2. The smallest absolute Gasteiger partial charge is 0.216 e. The van der Waals surface area contributed by atoms with Crippen molar-refractivity contribution in [2.24, 2.45) is 7.05 Å². The molecule has 0 spiro atoms. The Hall–Kier alpha value is -3.12. The van der Waals surface area contributed by atoms with Gasteiger partial charge in [0.25, 0.3) is 0 Å². The largest absolute Gasteiger partial charge is 0.456 e. The normalized spacial score (nSPS) is 16.1. The Morgan fingerprint density at radius 3 is 2.64 bits per heavy atom. The molecule has 4 rings (SSSR count). The summed E-state index contributed by atoms with van der Waals surface area (Å²) in [6.07, 6.45) is 0. The molecule has 2 heterocycles. The minimum atomic E-state index is -2.47. The zero-order valence-electron chi connectivity index (χ0n) is 20.8. The molecule has 0 radical (unpaired) electrons. The predicted octanol–water partition coefficient (Wildman–Crippen LogP) is 6.68. The molecule has 1 atom stereocenters.